The van der Waals surface area contributed by atoms with Gasteiger partial charge < -0.3 is 0 Å². The molecular weight excluding hydrogens is 272 g/mol. The van der Waals surface area contributed by atoms with Crippen molar-refractivity contribution in [1.82, 2.24) is 0 Å². The summed E-state index contributed by atoms with van der Waals surface area (Å²) in [5, 5.41) is 21.6. The molecule has 107 valence electrons. The van der Waals surface area contributed by atoms with Crippen molar-refractivity contribution in [2.75, 3.05) is 0 Å². The summed E-state index contributed by atoms with van der Waals surface area (Å²) in [7, 11) is 0. The SMILES string of the molecule is [CH2]C(Cc1ccccc1[N+](=O)[O-])c1ccc([N+](=O)[O-])cc1. The molecule has 0 amide bonds. The van der Waals surface area contributed by atoms with Crippen molar-refractivity contribution in [3.63, 3.8) is 0 Å². The second kappa shape index (κ2) is 6.13. The largest absolute Gasteiger partial charge is 0.272 e. The molecule has 1 radical (unpaired) electrons. The van der Waals surface area contributed by atoms with Crippen LogP contribution in [0.15, 0.2) is 48.5 Å². The molecule has 0 spiro atoms. The predicted octanol–water partition coefficient (Wildman–Crippen LogP) is 3.66. The Morgan fingerprint density at radius 1 is 0.952 bits per heavy atom. The van der Waals surface area contributed by atoms with E-state index < -0.39 is 9.85 Å². The Bertz CT molecular complexity index is 668. The third-order valence-corrected chi connectivity index (χ3v) is 3.23. The van der Waals surface area contributed by atoms with E-state index in [1.54, 1.807) is 30.3 Å². The Morgan fingerprint density at radius 3 is 2.14 bits per heavy atom. The van der Waals surface area contributed by atoms with Gasteiger partial charge in [-0.25, -0.2) is 0 Å². The summed E-state index contributed by atoms with van der Waals surface area (Å²) in [5.41, 5.74) is 1.48. The number of rotatable bonds is 5. The highest BCUT2D eigenvalue weighted by Crippen LogP contribution is 2.26. The van der Waals surface area contributed by atoms with E-state index in [2.05, 4.69) is 6.92 Å². The second-order valence-electron chi connectivity index (χ2n) is 4.64. The summed E-state index contributed by atoms with van der Waals surface area (Å²) in [6.07, 6.45) is 0.398. The minimum Gasteiger partial charge on any atom is -0.258 e. The maximum atomic E-state index is 11.0. The zero-order valence-corrected chi connectivity index (χ0v) is 11.1. The Hall–Kier alpha value is -2.76. The molecule has 1 atom stereocenters. The fourth-order valence-corrected chi connectivity index (χ4v) is 2.11. The van der Waals surface area contributed by atoms with Crippen molar-refractivity contribution in [2.24, 2.45) is 0 Å². The smallest absolute Gasteiger partial charge is 0.258 e. The molecule has 0 aliphatic rings. The number of non-ortho nitro benzene ring substituents is 1. The van der Waals surface area contributed by atoms with Gasteiger partial charge in [-0.15, -0.1) is 0 Å². The molecule has 2 aromatic carbocycles. The van der Waals surface area contributed by atoms with Crippen LogP contribution in [-0.2, 0) is 6.42 Å². The van der Waals surface area contributed by atoms with Gasteiger partial charge in [-0.1, -0.05) is 30.3 Å². The average molecular weight is 285 g/mol. The number of nitro groups is 2. The summed E-state index contributed by atoms with van der Waals surface area (Å²) in [4.78, 5) is 20.7. The van der Waals surface area contributed by atoms with Gasteiger partial charge >= 0.3 is 0 Å². The van der Waals surface area contributed by atoms with E-state index in [9.17, 15) is 20.2 Å². The quantitative estimate of drug-likeness (QED) is 0.619. The predicted molar refractivity (Wildman–Crippen MR) is 78.0 cm³/mol. The fraction of sp³-hybridized carbons (Fsp3) is 0.133. The van der Waals surface area contributed by atoms with Crippen LogP contribution in [0.3, 0.4) is 0 Å². The van der Waals surface area contributed by atoms with Gasteiger partial charge in [0.1, 0.15) is 0 Å². The van der Waals surface area contributed by atoms with Crippen LogP contribution in [0.1, 0.15) is 17.0 Å². The van der Waals surface area contributed by atoms with Crippen LogP contribution in [0.2, 0.25) is 0 Å². The number of para-hydroxylation sites is 1. The zero-order chi connectivity index (χ0) is 15.4. The lowest BCUT2D eigenvalue weighted by Gasteiger charge is -2.11. The van der Waals surface area contributed by atoms with Crippen LogP contribution in [0.5, 0.6) is 0 Å². The van der Waals surface area contributed by atoms with E-state index in [-0.39, 0.29) is 17.3 Å². The Morgan fingerprint density at radius 2 is 1.57 bits per heavy atom. The number of benzene rings is 2. The standard InChI is InChI=1S/C15H13N2O4/c1-11(12-6-8-14(9-7-12)16(18)19)10-13-4-2-3-5-15(13)17(20)21/h2-9,11H,1,10H2. The summed E-state index contributed by atoms with van der Waals surface area (Å²) >= 11 is 0. The van der Waals surface area contributed by atoms with Crippen LogP contribution in [0, 0.1) is 27.2 Å². The third-order valence-electron chi connectivity index (χ3n) is 3.23. The molecule has 0 saturated carbocycles. The van der Waals surface area contributed by atoms with E-state index in [1.807, 2.05) is 0 Å². The normalized spacial score (nSPS) is 11.9. The summed E-state index contributed by atoms with van der Waals surface area (Å²) in [6, 6.07) is 12.6. The van der Waals surface area contributed by atoms with Crippen molar-refractivity contribution in [2.45, 2.75) is 12.3 Å². The Balaban J connectivity index is 2.20. The molecule has 0 N–H and O–H groups in total. The highest BCUT2D eigenvalue weighted by molar-refractivity contribution is 5.42. The first-order valence-corrected chi connectivity index (χ1v) is 6.28. The van der Waals surface area contributed by atoms with E-state index in [0.717, 1.165) is 5.56 Å². The molecular formula is C15H13N2O4. The van der Waals surface area contributed by atoms with Crippen LogP contribution in [0.4, 0.5) is 11.4 Å². The van der Waals surface area contributed by atoms with Crippen LogP contribution >= 0.6 is 0 Å². The van der Waals surface area contributed by atoms with Gasteiger partial charge in [0, 0.05) is 23.8 Å². The number of nitrogens with zero attached hydrogens (tertiary/aromatic N) is 2. The molecule has 21 heavy (non-hydrogen) atoms. The lowest BCUT2D eigenvalue weighted by Crippen LogP contribution is -2.02. The number of nitro benzene ring substituents is 2. The first-order valence-electron chi connectivity index (χ1n) is 6.28. The van der Waals surface area contributed by atoms with Gasteiger partial charge in [-0.2, -0.15) is 0 Å². The molecule has 6 heteroatoms. The van der Waals surface area contributed by atoms with Gasteiger partial charge in [-0.05, 0) is 24.8 Å². The van der Waals surface area contributed by atoms with Crippen molar-refractivity contribution in [3.8, 4) is 0 Å². The molecule has 0 fully saturated rings. The Labute approximate surface area is 121 Å². The van der Waals surface area contributed by atoms with Crippen molar-refractivity contribution in [1.29, 1.82) is 0 Å². The summed E-state index contributed by atoms with van der Waals surface area (Å²) < 4.78 is 0. The molecule has 1 unspecified atom stereocenters. The van der Waals surface area contributed by atoms with Gasteiger partial charge in [0.25, 0.3) is 11.4 Å². The topological polar surface area (TPSA) is 86.3 Å². The van der Waals surface area contributed by atoms with Crippen molar-refractivity contribution < 1.29 is 9.85 Å². The molecule has 0 aromatic heterocycles. The molecule has 0 saturated heterocycles. The average Bonchev–Trinajstić information content (AvgIpc) is 2.47. The fourth-order valence-electron chi connectivity index (χ4n) is 2.11. The van der Waals surface area contributed by atoms with E-state index in [4.69, 9.17) is 0 Å². The minimum absolute atomic E-state index is 0.0108. The van der Waals surface area contributed by atoms with E-state index >= 15 is 0 Å². The lowest BCUT2D eigenvalue weighted by molar-refractivity contribution is -0.385. The minimum atomic E-state index is -0.468. The second-order valence-corrected chi connectivity index (χ2v) is 4.64. The first kappa shape index (κ1) is 14.6. The van der Waals surface area contributed by atoms with Gasteiger partial charge in [0.2, 0.25) is 0 Å². The van der Waals surface area contributed by atoms with Crippen LogP contribution < -0.4 is 0 Å². The molecule has 0 aliphatic carbocycles. The first-order chi connectivity index (χ1) is 9.99. The number of hydrogen-bond acceptors (Lipinski definition) is 4. The van der Waals surface area contributed by atoms with E-state index in [0.29, 0.717) is 12.0 Å². The molecule has 0 heterocycles. The van der Waals surface area contributed by atoms with Crippen LogP contribution in [-0.4, -0.2) is 9.85 Å². The molecule has 6 nitrogen and oxygen atoms in total. The molecule has 0 aliphatic heterocycles. The Kier molecular flexibility index (Phi) is 4.27. The van der Waals surface area contributed by atoms with Crippen molar-refractivity contribution >= 4 is 11.4 Å². The molecule has 0 bridgehead atoms. The monoisotopic (exact) mass is 285 g/mol. The maximum absolute atomic E-state index is 11.0. The van der Waals surface area contributed by atoms with Gasteiger partial charge in [0.15, 0.2) is 0 Å². The molecule has 2 rings (SSSR count). The third kappa shape index (κ3) is 3.42. The highest BCUT2D eigenvalue weighted by Gasteiger charge is 2.16. The summed E-state index contributed by atoms with van der Waals surface area (Å²) in [5.74, 6) is -0.216. The van der Waals surface area contributed by atoms with Crippen molar-refractivity contribution in [3.05, 3.63) is 86.8 Å². The highest BCUT2D eigenvalue weighted by atomic mass is 16.6. The van der Waals surface area contributed by atoms with Crippen LogP contribution in [0.25, 0.3) is 0 Å². The lowest BCUT2D eigenvalue weighted by atomic mass is 9.93. The van der Waals surface area contributed by atoms with E-state index in [1.165, 1.54) is 18.2 Å². The molecule has 2 aromatic rings. The zero-order valence-electron chi connectivity index (χ0n) is 11.1. The van der Waals surface area contributed by atoms with Gasteiger partial charge in [0.05, 0.1) is 9.85 Å². The number of hydrogen-bond donors (Lipinski definition) is 0. The maximum Gasteiger partial charge on any atom is 0.272 e. The summed E-state index contributed by atoms with van der Waals surface area (Å²) in [6.45, 7) is 3.99. The van der Waals surface area contributed by atoms with Gasteiger partial charge in [-0.3, -0.25) is 20.2 Å².